The van der Waals surface area contributed by atoms with Crippen LogP contribution in [-0.4, -0.2) is 37.3 Å². The average Bonchev–Trinajstić information content (AvgIpc) is 2.32. The second-order valence-electron chi connectivity index (χ2n) is 3.28. The van der Waals surface area contributed by atoms with E-state index >= 15 is 0 Å². The number of carboxylic acid groups (broad SMARTS) is 1. The van der Waals surface area contributed by atoms with Crippen molar-refractivity contribution in [3.05, 3.63) is 34.3 Å². The van der Waals surface area contributed by atoms with Crippen LogP contribution in [-0.2, 0) is 0 Å². The van der Waals surface area contributed by atoms with Gasteiger partial charge in [-0.15, -0.1) is 0 Å². The molecule has 0 amide bonds. The Hall–Kier alpha value is -0.910. The summed E-state index contributed by atoms with van der Waals surface area (Å²) in [5, 5.41) is 15.0. The van der Waals surface area contributed by atoms with Crippen LogP contribution >= 0.6 is 15.9 Å². The van der Waals surface area contributed by atoms with Crippen molar-refractivity contribution in [3.63, 3.8) is 0 Å². The molecule has 0 aliphatic carbocycles. The lowest BCUT2D eigenvalue weighted by molar-refractivity contribution is 0.0696. The van der Waals surface area contributed by atoms with E-state index < -0.39 is 5.97 Å². The van der Waals surface area contributed by atoms with Gasteiger partial charge >= 0.3 is 5.97 Å². The highest BCUT2D eigenvalue weighted by molar-refractivity contribution is 9.10. The van der Waals surface area contributed by atoms with E-state index in [0.29, 0.717) is 10.0 Å². The van der Waals surface area contributed by atoms with Gasteiger partial charge in [0.15, 0.2) is 0 Å². The zero-order chi connectivity index (χ0) is 11.8. The van der Waals surface area contributed by atoms with Crippen LogP contribution < -0.4 is 10.6 Å². The molecule has 0 saturated carbocycles. The largest absolute Gasteiger partial charge is 0.478 e. The Morgan fingerprint density at radius 3 is 1.94 bits per heavy atom. The Labute approximate surface area is 103 Å². The van der Waals surface area contributed by atoms with E-state index in [1.807, 2.05) is 0 Å². The van der Waals surface area contributed by atoms with Crippen LogP contribution in [0.3, 0.4) is 0 Å². The number of aromatic carboxylic acids is 1. The maximum absolute atomic E-state index is 10.4. The van der Waals surface area contributed by atoms with Gasteiger partial charge < -0.3 is 15.7 Å². The van der Waals surface area contributed by atoms with Crippen LogP contribution in [0.15, 0.2) is 28.7 Å². The number of rotatable bonds is 1. The molecule has 3 N–H and O–H groups in total. The monoisotopic (exact) mass is 286 g/mol. The molecule has 5 heteroatoms. The maximum atomic E-state index is 10.4. The minimum atomic E-state index is -0.910. The van der Waals surface area contributed by atoms with Gasteiger partial charge in [-0.3, -0.25) is 0 Å². The quantitative estimate of drug-likeness (QED) is 0.729. The average molecular weight is 287 g/mol. The van der Waals surface area contributed by atoms with Gasteiger partial charge in [0.25, 0.3) is 0 Å². The topological polar surface area (TPSA) is 61.4 Å². The van der Waals surface area contributed by atoms with E-state index in [9.17, 15) is 4.79 Å². The predicted octanol–water partition coefficient (Wildman–Crippen LogP) is 1.33. The normalized spacial score (nSPS) is 14.8. The van der Waals surface area contributed by atoms with Crippen molar-refractivity contribution >= 4 is 21.9 Å². The Bertz CT molecular complexity index is 329. The molecular weight excluding hydrogens is 272 g/mol. The van der Waals surface area contributed by atoms with Crippen molar-refractivity contribution in [1.82, 2.24) is 10.6 Å². The SMILES string of the molecule is C1CNCCN1.O=C(O)c1ccccc1Br. The maximum Gasteiger partial charge on any atom is 0.336 e. The standard InChI is InChI=1S/C7H5BrO2.C4H10N2/c8-6-4-2-1-3-5(6)7(9)10;1-2-6-4-3-5-1/h1-4H,(H,9,10);5-6H,1-4H2. The van der Waals surface area contributed by atoms with Crippen LogP contribution in [0.25, 0.3) is 0 Å². The molecule has 0 aromatic heterocycles. The summed E-state index contributed by atoms with van der Waals surface area (Å²) in [5.74, 6) is -0.910. The van der Waals surface area contributed by atoms with Crippen molar-refractivity contribution < 1.29 is 9.90 Å². The first-order chi connectivity index (χ1) is 7.72. The molecule has 0 atom stereocenters. The van der Waals surface area contributed by atoms with Crippen LogP contribution in [0.2, 0.25) is 0 Å². The molecule has 0 spiro atoms. The number of carbonyl (C=O) groups is 1. The molecule has 0 unspecified atom stereocenters. The van der Waals surface area contributed by atoms with E-state index in [4.69, 9.17) is 5.11 Å². The van der Waals surface area contributed by atoms with E-state index in [-0.39, 0.29) is 0 Å². The first-order valence-corrected chi connectivity index (χ1v) is 5.90. The third kappa shape index (κ3) is 4.74. The number of halogens is 1. The highest BCUT2D eigenvalue weighted by Crippen LogP contribution is 2.14. The fourth-order valence-corrected chi connectivity index (χ4v) is 1.69. The second-order valence-corrected chi connectivity index (χ2v) is 4.14. The third-order valence-electron chi connectivity index (χ3n) is 2.06. The predicted molar refractivity (Wildman–Crippen MR) is 66.8 cm³/mol. The van der Waals surface area contributed by atoms with E-state index in [2.05, 4.69) is 26.6 Å². The summed E-state index contributed by atoms with van der Waals surface area (Å²) in [7, 11) is 0. The molecule has 88 valence electrons. The van der Waals surface area contributed by atoms with Crippen molar-refractivity contribution in [2.24, 2.45) is 0 Å². The van der Waals surface area contributed by atoms with Gasteiger partial charge in [0.2, 0.25) is 0 Å². The van der Waals surface area contributed by atoms with Gasteiger partial charge in [-0.2, -0.15) is 0 Å². The molecule has 4 nitrogen and oxygen atoms in total. The summed E-state index contributed by atoms with van der Waals surface area (Å²) in [4.78, 5) is 10.4. The summed E-state index contributed by atoms with van der Waals surface area (Å²) in [5.41, 5.74) is 0.294. The minimum absolute atomic E-state index is 0.294. The molecule has 0 radical (unpaired) electrons. The summed E-state index contributed by atoms with van der Waals surface area (Å²) in [6.07, 6.45) is 0. The molecular formula is C11H15BrN2O2. The van der Waals surface area contributed by atoms with Gasteiger partial charge in [0.05, 0.1) is 5.56 Å². The lowest BCUT2D eigenvalue weighted by atomic mass is 10.2. The Morgan fingerprint density at radius 1 is 1.12 bits per heavy atom. The first-order valence-electron chi connectivity index (χ1n) is 5.11. The van der Waals surface area contributed by atoms with E-state index in [1.165, 1.54) is 0 Å². The van der Waals surface area contributed by atoms with Gasteiger partial charge in [-0.1, -0.05) is 12.1 Å². The van der Waals surface area contributed by atoms with Crippen molar-refractivity contribution in [1.29, 1.82) is 0 Å². The third-order valence-corrected chi connectivity index (χ3v) is 2.75. The van der Waals surface area contributed by atoms with Gasteiger partial charge in [0, 0.05) is 30.7 Å². The number of benzene rings is 1. The summed E-state index contributed by atoms with van der Waals surface area (Å²) in [6, 6.07) is 6.71. The van der Waals surface area contributed by atoms with Crippen molar-refractivity contribution in [2.75, 3.05) is 26.2 Å². The Kier molecular flexibility index (Phi) is 6.07. The zero-order valence-corrected chi connectivity index (χ0v) is 10.5. The minimum Gasteiger partial charge on any atom is -0.478 e. The summed E-state index contributed by atoms with van der Waals surface area (Å²) in [6.45, 7) is 4.56. The van der Waals surface area contributed by atoms with E-state index in [0.717, 1.165) is 26.2 Å². The number of hydrogen-bond acceptors (Lipinski definition) is 3. The molecule has 1 aliphatic heterocycles. The number of carboxylic acids is 1. The molecule has 1 fully saturated rings. The van der Waals surface area contributed by atoms with Crippen molar-refractivity contribution in [2.45, 2.75) is 0 Å². The van der Waals surface area contributed by atoms with Crippen LogP contribution in [0.1, 0.15) is 10.4 Å². The first kappa shape index (κ1) is 13.2. The smallest absolute Gasteiger partial charge is 0.336 e. The molecule has 1 saturated heterocycles. The van der Waals surface area contributed by atoms with Crippen LogP contribution in [0, 0.1) is 0 Å². The van der Waals surface area contributed by atoms with Gasteiger partial charge in [-0.05, 0) is 28.1 Å². The summed E-state index contributed by atoms with van der Waals surface area (Å²) < 4.78 is 0.613. The zero-order valence-electron chi connectivity index (χ0n) is 8.87. The Morgan fingerprint density at radius 2 is 1.62 bits per heavy atom. The van der Waals surface area contributed by atoms with Gasteiger partial charge in [-0.25, -0.2) is 4.79 Å². The molecule has 2 rings (SSSR count). The fourth-order valence-electron chi connectivity index (χ4n) is 1.24. The molecule has 1 aromatic rings. The molecule has 1 aliphatic rings. The molecule has 1 aromatic carbocycles. The number of hydrogen-bond donors (Lipinski definition) is 3. The van der Waals surface area contributed by atoms with Crippen LogP contribution in [0.4, 0.5) is 0 Å². The number of nitrogens with one attached hydrogen (secondary N) is 2. The Balaban J connectivity index is 0.000000181. The molecule has 1 heterocycles. The van der Waals surface area contributed by atoms with E-state index in [1.54, 1.807) is 24.3 Å². The lowest BCUT2D eigenvalue weighted by Crippen LogP contribution is -2.39. The van der Waals surface area contributed by atoms with Crippen LogP contribution in [0.5, 0.6) is 0 Å². The summed E-state index contributed by atoms with van der Waals surface area (Å²) >= 11 is 3.12. The molecule has 0 bridgehead atoms. The highest BCUT2D eigenvalue weighted by Gasteiger charge is 2.04. The number of piperazine rings is 1. The van der Waals surface area contributed by atoms with Crippen molar-refractivity contribution in [3.8, 4) is 0 Å². The second kappa shape index (κ2) is 7.38. The fraction of sp³-hybridized carbons (Fsp3) is 0.364. The van der Waals surface area contributed by atoms with Gasteiger partial charge in [0.1, 0.15) is 0 Å². The lowest BCUT2D eigenvalue weighted by Gasteiger charge is -2.11. The molecule has 16 heavy (non-hydrogen) atoms. The highest BCUT2D eigenvalue weighted by atomic mass is 79.9.